The quantitative estimate of drug-likeness (QED) is 0.621. The van der Waals surface area contributed by atoms with E-state index in [1.807, 2.05) is 0 Å². The minimum Gasteiger partial charge on any atom is -0.456 e. The van der Waals surface area contributed by atoms with Gasteiger partial charge in [-0.15, -0.1) is 0 Å². The molecule has 2 rings (SSSR count). The van der Waals surface area contributed by atoms with Crippen molar-refractivity contribution in [2.24, 2.45) is 0 Å². The van der Waals surface area contributed by atoms with Gasteiger partial charge < -0.3 is 4.74 Å². The monoisotopic (exact) mass is 442 g/mol. The van der Waals surface area contributed by atoms with E-state index in [-0.39, 0.29) is 9.37 Å². The fraction of sp³-hybridized carbons (Fsp3) is 0. The first-order valence-electron chi connectivity index (χ1n) is 5.14. The second-order valence-corrected chi connectivity index (χ2v) is 7.98. The number of hydrogen-bond donors (Lipinski definition) is 0. The summed E-state index contributed by atoms with van der Waals surface area (Å²) in [5.41, 5.74) is 0. The van der Waals surface area contributed by atoms with Gasteiger partial charge in [0.25, 0.3) is 9.05 Å². The lowest BCUT2D eigenvalue weighted by molar-refractivity contribution is 0.476. The Kier molecular flexibility index (Phi) is 4.73. The molecule has 3 nitrogen and oxygen atoms in total. The Morgan fingerprint density at radius 3 is 2.30 bits per heavy atom. The van der Waals surface area contributed by atoms with Crippen molar-refractivity contribution in [1.82, 2.24) is 0 Å². The molecule has 0 radical (unpaired) electrons. The highest BCUT2D eigenvalue weighted by atomic mass is 79.9. The molecular formula is C12H6Br2ClFO3S. The Morgan fingerprint density at radius 2 is 1.75 bits per heavy atom. The molecule has 0 aliphatic heterocycles. The molecule has 20 heavy (non-hydrogen) atoms. The molecule has 0 spiro atoms. The fourth-order valence-electron chi connectivity index (χ4n) is 1.38. The molecule has 8 heteroatoms. The molecule has 0 amide bonds. The number of halogens is 4. The van der Waals surface area contributed by atoms with E-state index < -0.39 is 14.9 Å². The first-order chi connectivity index (χ1) is 9.27. The zero-order valence-corrected chi connectivity index (χ0v) is 14.4. The van der Waals surface area contributed by atoms with E-state index in [4.69, 9.17) is 15.4 Å². The average molecular weight is 445 g/mol. The van der Waals surface area contributed by atoms with Crippen molar-refractivity contribution in [2.45, 2.75) is 4.90 Å². The number of hydrogen-bond acceptors (Lipinski definition) is 3. The Hall–Kier alpha value is -0.630. The van der Waals surface area contributed by atoms with E-state index in [1.165, 1.54) is 36.4 Å². The molecule has 0 atom stereocenters. The molecule has 0 saturated carbocycles. The van der Waals surface area contributed by atoms with Crippen molar-refractivity contribution in [3.8, 4) is 11.5 Å². The molecule has 0 N–H and O–H groups in total. The molecule has 0 aliphatic rings. The van der Waals surface area contributed by atoms with Crippen LogP contribution in [0.1, 0.15) is 0 Å². The Bertz CT molecular complexity index is 765. The molecule has 106 valence electrons. The normalized spacial score (nSPS) is 11.4. The minimum absolute atomic E-state index is 0.0429. The van der Waals surface area contributed by atoms with Crippen molar-refractivity contribution in [2.75, 3.05) is 0 Å². The van der Waals surface area contributed by atoms with Gasteiger partial charge in [-0.25, -0.2) is 12.8 Å². The fourth-order valence-corrected chi connectivity index (χ4v) is 3.13. The van der Waals surface area contributed by atoms with Crippen LogP contribution in [0.15, 0.2) is 50.2 Å². The van der Waals surface area contributed by atoms with Crippen LogP contribution in [-0.2, 0) is 9.05 Å². The maximum atomic E-state index is 13.1. The predicted octanol–water partition coefficient (Wildman–Crippen LogP) is 5.07. The molecule has 0 saturated heterocycles. The van der Waals surface area contributed by atoms with Crippen LogP contribution in [0.2, 0.25) is 0 Å². The topological polar surface area (TPSA) is 43.4 Å². The SMILES string of the molecule is O=S(=O)(Cl)c1ccc(Oc2ccc(F)c(Br)c2)c(Br)c1. The largest absolute Gasteiger partial charge is 0.456 e. The maximum Gasteiger partial charge on any atom is 0.261 e. The van der Waals surface area contributed by atoms with E-state index in [9.17, 15) is 12.8 Å². The van der Waals surface area contributed by atoms with Gasteiger partial charge in [-0.3, -0.25) is 0 Å². The van der Waals surface area contributed by atoms with Crippen LogP contribution in [0, 0.1) is 5.82 Å². The van der Waals surface area contributed by atoms with Crippen LogP contribution in [0.3, 0.4) is 0 Å². The predicted molar refractivity (Wildman–Crippen MR) is 81.4 cm³/mol. The molecule has 0 bridgehead atoms. The third-order valence-corrected chi connectivity index (χ3v) is 4.88. The lowest BCUT2D eigenvalue weighted by atomic mass is 10.3. The van der Waals surface area contributed by atoms with Gasteiger partial charge in [-0.05, 0) is 68.3 Å². The van der Waals surface area contributed by atoms with E-state index in [0.29, 0.717) is 16.0 Å². The van der Waals surface area contributed by atoms with Gasteiger partial charge in [0.2, 0.25) is 0 Å². The smallest absolute Gasteiger partial charge is 0.261 e. The van der Waals surface area contributed by atoms with Gasteiger partial charge >= 0.3 is 0 Å². The van der Waals surface area contributed by atoms with Crippen molar-refractivity contribution in [3.05, 3.63) is 51.2 Å². The summed E-state index contributed by atoms with van der Waals surface area (Å²) in [6.45, 7) is 0. The number of benzene rings is 2. The first kappa shape index (κ1) is 15.8. The van der Waals surface area contributed by atoms with Crippen molar-refractivity contribution in [3.63, 3.8) is 0 Å². The first-order valence-corrected chi connectivity index (χ1v) is 9.04. The lowest BCUT2D eigenvalue weighted by Gasteiger charge is -2.09. The summed E-state index contributed by atoms with van der Waals surface area (Å²) in [4.78, 5) is -0.0429. The van der Waals surface area contributed by atoms with Gasteiger partial charge in [0.05, 0.1) is 13.8 Å². The van der Waals surface area contributed by atoms with Gasteiger partial charge in [0.15, 0.2) is 0 Å². The molecule has 0 fully saturated rings. The molecule has 0 aromatic heterocycles. The number of ether oxygens (including phenoxy) is 1. The van der Waals surface area contributed by atoms with Crippen LogP contribution < -0.4 is 4.74 Å². The summed E-state index contributed by atoms with van der Waals surface area (Å²) in [5, 5.41) is 0. The molecule has 2 aromatic carbocycles. The molecule has 0 heterocycles. The second kappa shape index (κ2) is 6.01. The van der Waals surface area contributed by atoms with E-state index in [2.05, 4.69) is 31.9 Å². The van der Waals surface area contributed by atoms with Crippen LogP contribution in [0.5, 0.6) is 11.5 Å². The maximum absolute atomic E-state index is 13.1. The lowest BCUT2D eigenvalue weighted by Crippen LogP contribution is -1.92. The average Bonchev–Trinajstić information content (AvgIpc) is 2.35. The Morgan fingerprint density at radius 1 is 1.05 bits per heavy atom. The number of rotatable bonds is 3. The van der Waals surface area contributed by atoms with Gasteiger partial charge in [0.1, 0.15) is 17.3 Å². The highest BCUT2D eigenvalue weighted by Gasteiger charge is 2.13. The second-order valence-electron chi connectivity index (χ2n) is 3.71. The Labute approximate surface area is 136 Å². The highest BCUT2D eigenvalue weighted by Crippen LogP contribution is 2.33. The third-order valence-electron chi connectivity index (χ3n) is 2.30. The molecule has 2 aromatic rings. The summed E-state index contributed by atoms with van der Waals surface area (Å²) in [6, 6.07) is 8.28. The van der Waals surface area contributed by atoms with Crippen LogP contribution >= 0.6 is 42.5 Å². The highest BCUT2D eigenvalue weighted by molar-refractivity contribution is 9.10. The van der Waals surface area contributed by atoms with Crippen molar-refractivity contribution in [1.29, 1.82) is 0 Å². The summed E-state index contributed by atoms with van der Waals surface area (Å²) in [7, 11) is 1.45. The van der Waals surface area contributed by atoms with Crippen molar-refractivity contribution < 1.29 is 17.5 Å². The van der Waals surface area contributed by atoms with E-state index >= 15 is 0 Å². The van der Waals surface area contributed by atoms with Gasteiger partial charge in [-0.2, -0.15) is 0 Å². The minimum atomic E-state index is -3.80. The molecule has 0 unspecified atom stereocenters. The van der Waals surface area contributed by atoms with Crippen LogP contribution in [0.4, 0.5) is 4.39 Å². The molecular weight excluding hydrogens is 438 g/mol. The summed E-state index contributed by atoms with van der Waals surface area (Å²) in [5.74, 6) is 0.382. The van der Waals surface area contributed by atoms with Crippen LogP contribution in [-0.4, -0.2) is 8.42 Å². The summed E-state index contributed by atoms with van der Waals surface area (Å²) >= 11 is 6.25. The van der Waals surface area contributed by atoms with Crippen LogP contribution in [0.25, 0.3) is 0 Å². The third kappa shape index (κ3) is 3.72. The zero-order chi connectivity index (χ0) is 14.9. The molecule has 0 aliphatic carbocycles. The Balaban J connectivity index is 2.32. The summed E-state index contributed by atoms with van der Waals surface area (Å²) < 4.78 is 41.7. The van der Waals surface area contributed by atoms with E-state index in [0.717, 1.165) is 0 Å². The standard InChI is InChI=1S/C12H6Br2ClFO3S/c13-9-5-7(1-3-11(9)16)19-12-4-2-8(6-10(12)14)20(15,17)18/h1-6H. The van der Waals surface area contributed by atoms with Gasteiger partial charge in [-0.1, -0.05) is 0 Å². The van der Waals surface area contributed by atoms with Crippen molar-refractivity contribution >= 4 is 51.6 Å². The zero-order valence-electron chi connectivity index (χ0n) is 9.61. The van der Waals surface area contributed by atoms with E-state index in [1.54, 1.807) is 0 Å². The summed E-state index contributed by atoms with van der Waals surface area (Å²) in [6.07, 6.45) is 0. The van der Waals surface area contributed by atoms with Gasteiger partial charge in [0, 0.05) is 10.7 Å².